The largest absolute Gasteiger partial charge is 0.271 e. The second kappa shape index (κ2) is 5.46. The summed E-state index contributed by atoms with van der Waals surface area (Å²) in [6, 6.07) is 6.86. The van der Waals surface area contributed by atoms with Crippen LogP contribution in [0.5, 0.6) is 0 Å². The lowest BCUT2D eigenvalue weighted by Crippen LogP contribution is -2.34. The van der Waals surface area contributed by atoms with Crippen LogP contribution in [0, 0.1) is 25.7 Å². The fraction of sp³-hybridized carbons (Fsp3) is 0.571. The first kappa shape index (κ1) is 13.2. The van der Waals surface area contributed by atoms with E-state index in [-0.39, 0.29) is 6.04 Å². The molecule has 1 aromatic rings. The van der Waals surface area contributed by atoms with Crippen molar-refractivity contribution < 1.29 is 0 Å². The lowest BCUT2D eigenvalue weighted by molar-refractivity contribution is 0.306. The molecule has 0 aliphatic rings. The van der Waals surface area contributed by atoms with Crippen LogP contribution in [0.1, 0.15) is 43.5 Å². The lowest BCUT2D eigenvalue weighted by Gasteiger charge is -2.27. The van der Waals surface area contributed by atoms with E-state index in [1.165, 1.54) is 16.7 Å². The van der Waals surface area contributed by atoms with Crippen LogP contribution in [0.2, 0.25) is 0 Å². The third-order valence-electron chi connectivity index (χ3n) is 3.36. The van der Waals surface area contributed by atoms with Crippen LogP contribution in [0.15, 0.2) is 18.2 Å². The van der Waals surface area contributed by atoms with Crippen LogP contribution in [0.4, 0.5) is 0 Å². The first-order valence-corrected chi connectivity index (χ1v) is 6.00. The number of nitrogens with one attached hydrogen (secondary N) is 1. The Kier molecular flexibility index (Phi) is 4.51. The van der Waals surface area contributed by atoms with E-state index in [1.807, 2.05) is 0 Å². The Morgan fingerprint density at radius 2 is 1.50 bits per heavy atom. The van der Waals surface area contributed by atoms with Crippen LogP contribution in [0.3, 0.4) is 0 Å². The van der Waals surface area contributed by atoms with Gasteiger partial charge in [0.2, 0.25) is 0 Å². The summed E-state index contributed by atoms with van der Waals surface area (Å²) >= 11 is 0. The fourth-order valence-corrected chi connectivity index (χ4v) is 2.13. The molecule has 0 saturated heterocycles. The van der Waals surface area contributed by atoms with E-state index >= 15 is 0 Å². The van der Waals surface area contributed by atoms with Gasteiger partial charge < -0.3 is 0 Å². The van der Waals surface area contributed by atoms with E-state index in [0.29, 0.717) is 11.8 Å². The van der Waals surface area contributed by atoms with Gasteiger partial charge in [0.1, 0.15) is 0 Å². The van der Waals surface area contributed by atoms with Crippen molar-refractivity contribution in [1.82, 2.24) is 5.43 Å². The molecule has 2 nitrogen and oxygen atoms in total. The molecule has 0 fully saturated rings. The summed E-state index contributed by atoms with van der Waals surface area (Å²) < 4.78 is 0. The number of hydrogen-bond donors (Lipinski definition) is 2. The van der Waals surface area contributed by atoms with Crippen LogP contribution in [0.25, 0.3) is 0 Å². The highest BCUT2D eigenvalue weighted by atomic mass is 15.2. The zero-order valence-corrected chi connectivity index (χ0v) is 11.0. The maximum atomic E-state index is 5.69. The van der Waals surface area contributed by atoms with E-state index in [0.717, 1.165) is 0 Å². The number of hydrogen-bond acceptors (Lipinski definition) is 2. The van der Waals surface area contributed by atoms with Crippen molar-refractivity contribution in [2.75, 3.05) is 0 Å². The normalized spacial score (nSPS) is 15.2. The SMILES string of the molecule is Cc1cc(C)cc(C(NN)C(C)C(C)C)c1. The summed E-state index contributed by atoms with van der Waals surface area (Å²) in [5.74, 6) is 6.83. The molecule has 0 heterocycles. The lowest BCUT2D eigenvalue weighted by atomic mass is 9.85. The van der Waals surface area contributed by atoms with Gasteiger partial charge in [0, 0.05) is 6.04 Å². The highest BCUT2D eigenvalue weighted by Crippen LogP contribution is 2.28. The van der Waals surface area contributed by atoms with Gasteiger partial charge in [-0.05, 0) is 31.2 Å². The molecule has 0 amide bonds. The van der Waals surface area contributed by atoms with E-state index in [1.54, 1.807) is 0 Å². The minimum absolute atomic E-state index is 0.235. The average Bonchev–Trinajstić information content (AvgIpc) is 2.16. The molecule has 0 radical (unpaired) electrons. The number of hydrazine groups is 1. The molecule has 2 atom stereocenters. The molecule has 0 bridgehead atoms. The van der Waals surface area contributed by atoms with Crippen LogP contribution in [-0.2, 0) is 0 Å². The van der Waals surface area contributed by atoms with E-state index < -0.39 is 0 Å². The van der Waals surface area contributed by atoms with Crippen molar-refractivity contribution in [3.63, 3.8) is 0 Å². The van der Waals surface area contributed by atoms with Gasteiger partial charge in [-0.2, -0.15) is 0 Å². The smallest absolute Gasteiger partial charge is 0.0488 e. The number of aryl methyl sites for hydroxylation is 2. The molecule has 16 heavy (non-hydrogen) atoms. The molecule has 0 aromatic heterocycles. The molecule has 1 aromatic carbocycles. The van der Waals surface area contributed by atoms with Crippen molar-refractivity contribution in [3.8, 4) is 0 Å². The Labute approximate surface area is 99.2 Å². The highest BCUT2D eigenvalue weighted by molar-refractivity contribution is 5.31. The van der Waals surface area contributed by atoms with Crippen LogP contribution >= 0.6 is 0 Å². The van der Waals surface area contributed by atoms with Gasteiger partial charge in [-0.1, -0.05) is 50.1 Å². The molecule has 2 heteroatoms. The van der Waals surface area contributed by atoms with Gasteiger partial charge in [0.15, 0.2) is 0 Å². The van der Waals surface area contributed by atoms with Gasteiger partial charge in [0.05, 0.1) is 0 Å². The van der Waals surface area contributed by atoms with Crippen LogP contribution in [-0.4, -0.2) is 0 Å². The van der Waals surface area contributed by atoms with Gasteiger partial charge in [-0.15, -0.1) is 0 Å². The van der Waals surface area contributed by atoms with Gasteiger partial charge in [-0.3, -0.25) is 11.3 Å². The summed E-state index contributed by atoms with van der Waals surface area (Å²) in [5.41, 5.74) is 6.84. The van der Waals surface area contributed by atoms with Crippen LogP contribution < -0.4 is 11.3 Å². The zero-order valence-electron chi connectivity index (χ0n) is 11.0. The van der Waals surface area contributed by atoms with Gasteiger partial charge >= 0.3 is 0 Å². The minimum atomic E-state index is 0.235. The third kappa shape index (κ3) is 3.06. The van der Waals surface area contributed by atoms with Crippen molar-refractivity contribution in [2.45, 2.75) is 40.7 Å². The molecular weight excluding hydrogens is 196 g/mol. The Hall–Kier alpha value is -0.860. The summed E-state index contributed by atoms with van der Waals surface area (Å²) in [4.78, 5) is 0. The molecule has 0 aliphatic carbocycles. The monoisotopic (exact) mass is 220 g/mol. The predicted octanol–water partition coefficient (Wildman–Crippen LogP) is 3.10. The van der Waals surface area contributed by atoms with Crippen molar-refractivity contribution in [2.24, 2.45) is 17.7 Å². The van der Waals surface area contributed by atoms with Crippen molar-refractivity contribution in [1.29, 1.82) is 0 Å². The maximum Gasteiger partial charge on any atom is 0.0488 e. The van der Waals surface area contributed by atoms with E-state index in [2.05, 4.69) is 58.2 Å². The van der Waals surface area contributed by atoms with Gasteiger partial charge in [0.25, 0.3) is 0 Å². The molecule has 2 unspecified atom stereocenters. The summed E-state index contributed by atoms with van der Waals surface area (Å²) in [5, 5.41) is 0. The minimum Gasteiger partial charge on any atom is -0.271 e. The molecule has 0 saturated carbocycles. The highest BCUT2D eigenvalue weighted by Gasteiger charge is 2.20. The molecular formula is C14H24N2. The third-order valence-corrected chi connectivity index (χ3v) is 3.36. The standard InChI is InChI=1S/C14H24N2/c1-9(2)12(5)14(16-15)13-7-10(3)6-11(4)8-13/h6-9,12,14,16H,15H2,1-5H3. The second-order valence-electron chi connectivity index (χ2n) is 5.17. The molecule has 1 rings (SSSR count). The first-order chi connectivity index (χ1) is 7.45. The predicted molar refractivity (Wildman–Crippen MR) is 70.0 cm³/mol. The number of nitrogens with two attached hydrogens (primary N) is 1. The quantitative estimate of drug-likeness (QED) is 0.604. The number of benzene rings is 1. The second-order valence-corrected chi connectivity index (χ2v) is 5.17. The van der Waals surface area contributed by atoms with Crippen molar-refractivity contribution in [3.05, 3.63) is 34.9 Å². The molecule has 0 aliphatic heterocycles. The first-order valence-electron chi connectivity index (χ1n) is 6.00. The Bertz CT molecular complexity index is 324. The Morgan fingerprint density at radius 1 is 1.00 bits per heavy atom. The topological polar surface area (TPSA) is 38.0 Å². The average molecular weight is 220 g/mol. The Balaban J connectivity index is 3.03. The molecule has 3 N–H and O–H groups in total. The summed E-state index contributed by atoms with van der Waals surface area (Å²) in [6.45, 7) is 11.0. The van der Waals surface area contributed by atoms with Gasteiger partial charge in [-0.25, -0.2) is 0 Å². The summed E-state index contributed by atoms with van der Waals surface area (Å²) in [7, 11) is 0. The Morgan fingerprint density at radius 3 is 1.88 bits per heavy atom. The zero-order chi connectivity index (χ0) is 12.3. The fourth-order valence-electron chi connectivity index (χ4n) is 2.13. The molecule has 0 spiro atoms. The molecule has 90 valence electrons. The number of rotatable bonds is 4. The maximum absolute atomic E-state index is 5.69. The van der Waals surface area contributed by atoms with Crippen molar-refractivity contribution >= 4 is 0 Å². The van der Waals surface area contributed by atoms with E-state index in [4.69, 9.17) is 5.84 Å². The van der Waals surface area contributed by atoms with E-state index in [9.17, 15) is 0 Å². The summed E-state index contributed by atoms with van der Waals surface area (Å²) in [6.07, 6.45) is 0.